The Bertz CT molecular complexity index is 795. The zero-order valence-electron chi connectivity index (χ0n) is 13.5. The number of hydrogen-bond acceptors (Lipinski definition) is 4. The van der Waals surface area contributed by atoms with Crippen LogP contribution in [-0.4, -0.2) is 23.3 Å². The first-order valence-electron chi connectivity index (χ1n) is 7.08. The molecule has 0 aliphatic heterocycles. The predicted octanol–water partition coefficient (Wildman–Crippen LogP) is 3.99. The molecule has 0 aromatic heterocycles. The number of thiocarbonyl (C=S) groups is 1. The van der Waals surface area contributed by atoms with Gasteiger partial charge in [-0.25, -0.2) is 0 Å². The van der Waals surface area contributed by atoms with E-state index in [1.165, 1.54) is 7.11 Å². The van der Waals surface area contributed by atoms with E-state index in [9.17, 15) is 10.0 Å². The molecule has 0 saturated heterocycles. The van der Waals surface area contributed by atoms with Crippen LogP contribution in [0.3, 0.4) is 0 Å². The highest BCUT2D eigenvalue weighted by Crippen LogP contribution is 2.23. The maximum atomic E-state index is 12.4. The second-order valence-electron chi connectivity index (χ2n) is 5.18. The van der Waals surface area contributed by atoms with Crippen LogP contribution in [0.4, 0.5) is 5.69 Å². The molecule has 0 saturated carbocycles. The number of benzene rings is 2. The molecule has 7 heteroatoms. The number of hydrogen-bond donors (Lipinski definition) is 2. The molecule has 2 aromatic rings. The summed E-state index contributed by atoms with van der Waals surface area (Å²) in [6.07, 6.45) is 0. The molecule has 0 atom stereocenters. The zero-order valence-corrected chi connectivity index (χ0v) is 15.9. The number of hydroxylamine groups is 1. The molecule has 2 aromatic carbocycles. The number of nitrogens with zero attached hydrogens (tertiary/aromatic N) is 1. The van der Waals surface area contributed by atoms with Gasteiger partial charge in [0.1, 0.15) is 5.75 Å². The molecule has 0 radical (unpaired) electrons. The summed E-state index contributed by atoms with van der Waals surface area (Å²) in [6, 6.07) is 10.4. The van der Waals surface area contributed by atoms with Crippen molar-refractivity contribution in [2.24, 2.45) is 0 Å². The van der Waals surface area contributed by atoms with Crippen molar-refractivity contribution in [1.29, 1.82) is 0 Å². The second kappa shape index (κ2) is 7.74. The molecule has 0 bridgehead atoms. The number of carbonyl (C=O) groups is 1. The van der Waals surface area contributed by atoms with Crippen molar-refractivity contribution in [3.8, 4) is 5.75 Å². The molecule has 0 fully saturated rings. The highest BCUT2D eigenvalue weighted by Gasteiger charge is 2.17. The number of nitrogens with one attached hydrogen (secondary N) is 1. The summed E-state index contributed by atoms with van der Waals surface area (Å²) in [5, 5.41) is 13.4. The summed E-state index contributed by atoms with van der Waals surface area (Å²) < 4.78 is 5.91. The number of halogens is 1. The predicted molar refractivity (Wildman–Crippen MR) is 101 cm³/mol. The summed E-state index contributed by atoms with van der Waals surface area (Å²) in [6.45, 7) is 3.90. The van der Waals surface area contributed by atoms with Gasteiger partial charge < -0.3 is 4.74 Å². The van der Waals surface area contributed by atoms with E-state index in [1.807, 2.05) is 19.9 Å². The standard InChI is InChI=1S/C17H17BrN2O3S/c1-10-4-6-13(8-11(10)2)20(22)17(24)19-16(21)14-9-12(18)5-7-15(14)23-3/h4-9,22H,1-3H3,(H,19,21,24). The highest BCUT2D eigenvalue weighted by atomic mass is 79.9. The second-order valence-corrected chi connectivity index (χ2v) is 6.49. The van der Waals surface area contributed by atoms with Gasteiger partial charge in [-0.15, -0.1) is 0 Å². The summed E-state index contributed by atoms with van der Waals surface area (Å²) in [5.41, 5.74) is 2.89. The first kappa shape index (κ1) is 18.4. The van der Waals surface area contributed by atoms with Gasteiger partial charge in [0.05, 0.1) is 18.4 Å². The van der Waals surface area contributed by atoms with Crippen molar-refractivity contribution in [3.05, 3.63) is 57.6 Å². The summed E-state index contributed by atoms with van der Waals surface area (Å²) >= 11 is 8.43. The van der Waals surface area contributed by atoms with E-state index in [0.717, 1.165) is 20.7 Å². The van der Waals surface area contributed by atoms with E-state index in [-0.39, 0.29) is 5.11 Å². The maximum Gasteiger partial charge on any atom is 0.261 e. The monoisotopic (exact) mass is 408 g/mol. The largest absolute Gasteiger partial charge is 0.496 e. The van der Waals surface area contributed by atoms with Crippen molar-refractivity contribution in [1.82, 2.24) is 5.32 Å². The summed E-state index contributed by atoms with van der Waals surface area (Å²) in [7, 11) is 1.48. The number of carbonyl (C=O) groups excluding carboxylic acids is 1. The van der Waals surface area contributed by atoms with Crippen molar-refractivity contribution >= 4 is 44.9 Å². The maximum absolute atomic E-state index is 12.4. The number of amides is 1. The van der Waals surface area contributed by atoms with E-state index in [0.29, 0.717) is 17.0 Å². The van der Waals surface area contributed by atoms with Gasteiger partial charge in [0.15, 0.2) is 0 Å². The van der Waals surface area contributed by atoms with Crippen molar-refractivity contribution in [2.75, 3.05) is 12.2 Å². The lowest BCUT2D eigenvalue weighted by Gasteiger charge is -2.19. The van der Waals surface area contributed by atoms with Crippen LogP contribution in [0.2, 0.25) is 0 Å². The topological polar surface area (TPSA) is 61.8 Å². The van der Waals surface area contributed by atoms with Crippen LogP contribution in [0.25, 0.3) is 0 Å². The van der Waals surface area contributed by atoms with Crippen LogP contribution in [0.1, 0.15) is 21.5 Å². The average molecular weight is 409 g/mol. The first-order chi connectivity index (χ1) is 11.3. The number of aryl methyl sites for hydroxylation is 2. The molecule has 2 N–H and O–H groups in total. The van der Waals surface area contributed by atoms with Crippen LogP contribution in [-0.2, 0) is 0 Å². The molecule has 0 unspecified atom stereocenters. The molecule has 0 aliphatic rings. The SMILES string of the molecule is COc1ccc(Br)cc1C(=O)NC(=S)N(O)c1ccc(C)c(C)c1. The van der Waals surface area contributed by atoms with E-state index in [2.05, 4.69) is 21.2 Å². The first-order valence-corrected chi connectivity index (χ1v) is 8.28. The Kier molecular flexibility index (Phi) is 5.93. The van der Waals surface area contributed by atoms with Crippen molar-refractivity contribution < 1.29 is 14.7 Å². The van der Waals surface area contributed by atoms with Gasteiger partial charge in [0, 0.05) is 4.47 Å². The Morgan fingerprint density at radius 2 is 1.92 bits per heavy atom. The van der Waals surface area contributed by atoms with E-state index >= 15 is 0 Å². The van der Waals surface area contributed by atoms with E-state index in [1.54, 1.807) is 30.3 Å². The van der Waals surface area contributed by atoms with Crippen molar-refractivity contribution in [2.45, 2.75) is 13.8 Å². The fourth-order valence-corrected chi connectivity index (χ4v) is 2.61. The van der Waals surface area contributed by atoms with Crippen LogP contribution >= 0.6 is 28.1 Å². The minimum Gasteiger partial charge on any atom is -0.496 e. The van der Waals surface area contributed by atoms with Crippen molar-refractivity contribution in [3.63, 3.8) is 0 Å². The number of rotatable bonds is 3. The van der Waals surface area contributed by atoms with Gasteiger partial charge >= 0.3 is 0 Å². The van der Waals surface area contributed by atoms with Gasteiger partial charge in [-0.05, 0) is 67.5 Å². The molecule has 0 heterocycles. The number of methoxy groups -OCH3 is 1. The fraction of sp³-hybridized carbons (Fsp3) is 0.176. The van der Waals surface area contributed by atoms with Crippen LogP contribution in [0, 0.1) is 13.8 Å². The molecule has 5 nitrogen and oxygen atoms in total. The van der Waals surface area contributed by atoms with Gasteiger partial charge in [0.2, 0.25) is 5.11 Å². The van der Waals surface area contributed by atoms with Gasteiger partial charge in [-0.3, -0.25) is 15.3 Å². The fourth-order valence-electron chi connectivity index (χ4n) is 2.05. The Labute approximate surface area is 154 Å². The molecular formula is C17H17BrN2O3S. The highest BCUT2D eigenvalue weighted by molar-refractivity contribution is 9.10. The molecule has 2 rings (SSSR count). The lowest BCUT2D eigenvalue weighted by atomic mass is 10.1. The van der Waals surface area contributed by atoms with Crippen LogP contribution in [0.15, 0.2) is 40.9 Å². The zero-order chi connectivity index (χ0) is 17.9. The van der Waals surface area contributed by atoms with Crippen LogP contribution < -0.4 is 15.1 Å². The normalized spacial score (nSPS) is 10.2. The lowest BCUT2D eigenvalue weighted by Crippen LogP contribution is -2.41. The summed E-state index contributed by atoms with van der Waals surface area (Å²) in [5.74, 6) is -0.0600. The van der Waals surface area contributed by atoms with E-state index in [4.69, 9.17) is 17.0 Å². The molecule has 24 heavy (non-hydrogen) atoms. The smallest absolute Gasteiger partial charge is 0.261 e. The Morgan fingerprint density at radius 3 is 2.54 bits per heavy atom. The average Bonchev–Trinajstić information content (AvgIpc) is 2.56. The van der Waals surface area contributed by atoms with E-state index < -0.39 is 5.91 Å². The Morgan fingerprint density at radius 1 is 1.21 bits per heavy atom. The molecule has 0 aliphatic carbocycles. The minimum absolute atomic E-state index is 0.120. The molecule has 1 amide bonds. The minimum atomic E-state index is -0.471. The Hall–Kier alpha value is -1.96. The Balaban J connectivity index is 2.18. The number of anilines is 1. The third-order valence-corrected chi connectivity index (χ3v) is 4.32. The third kappa shape index (κ3) is 4.11. The van der Waals surface area contributed by atoms with Gasteiger partial charge in [-0.1, -0.05) is 22.0 Å². The van der Waals surface area contributed by atoms with Gasteiger partial charge in [-0.2, -0.15) is 5.06 Å². The lowest BCUT2D eigenvalue weighted by molar-refractivity contribution is 0.0971. The van der Waals surface area contributed by atoms with Gasteiger partial charge in [0.25, 0.3) is 5.91 Å². The summed E-state index contributed by atoms with van der Waals surface area (Å²) in [4.78, 5) is 12.4. The van der Waals surface area contributed by atoms with Crippen LogP contribution in [0.5, 0.6) is 5.75 Å². The quantitative estimate of drug-likeness (QED) is 0.593. The molecular weight excluding hydrogens is 392 g/mol. The molecule has 0 spiro atoms. The molecule has 126 valence electrons. The number of ether oxygens (including phenoxy) is 1. The third-order valence-electron chi connectivity index (χ3n) is 3.55.